The van der Waals surface area contributed by atoms with E-state index in [0.29, 0.717) is 19.5 Å². The molecule has 1 N–H and O–H groups in total. The molecule has 0 bridgehead atoms. The molecule has 0 aromatic heterocycles. The van der Waals surface area contributed by atoms with Crippen molar-refractivity contribution >= 4 is 5.91 Å². The maximum Gasteiger partial charge on any atom is 0.260 e. The zero-order valence-corrected chi connectivity index (χ0v) is 12.0. The minimum atomic E-state index is -0.0462. The molecule has 19 heavy (non-hydrogen) atoms. The number of aryl methyl sites for hydroxylation is 2. The number of amides is 1. The highest BCUT2D eigenvalue weighted by molar-refractivity contribution is 5.77. The molecule has 4 nitrogen and oxygen atoms in total. The van der Waals surface area contributed by atoms with Crippen LogP contribution < -0.4 is 4.74 Å². The van der Waals surface area contributed by atoms with Gasteiger partial charge in [-0.15, -0.1) is 0 Å². The van der Waals surface area contributed by atoms with Gasteiger partial charge in [-0.05, 0) is 50.5 Å². The zero-order valence-electron chi connectivity index (χ0n) is 12.0. The van der Waals surface area contributed by atoms with E-state index in [1.54, 1.807) is 4.90 Å². The van der Waals surface area contributed by atoms with Gasteiger partial charge in [0.1, 0.15) is 5.75 Å². The summed E-state index contributed by atoms with van der Waals surface area (Å²) in [6, 6.07) is 5.91. The van der Waals surface area contributed by atoms with E-state index < -0.39 is 0 Å². The third kappa shape index (κ3) is 5.30. The number of nitrogens with zero attached hydrogens (tertiary/aromatic N) is 1. The van der Waals surface area contributed by atoms with E-state index in [1.165, 1.54) is 0 Å². The van der Waals surface area contributed by atoms with Gasteiger partial charge < -0.3 is 14.7 Å². The standard InChI is InChI=1S/C15H23NO3/c1-4-16(6-5-7-17)15(18)11-19-14-9-12(2)8-13(3)10-14/h8-10,17H,4-7,11H2,1-3H3. The van der Waals surface area contributed by atoms with E-state index in [2.05, 4.69) is 6.07 Å². The molecule has 0 radical (unpaired) electrons. The molecule has 0 aliphatic heterocycles. The molecule has 1 rings (SSSR count). The smallest absolute Gasteiger partial charge is 0.260 e. The molecule has 0 saturated carbocycles. The lowest BCUT2D eigenvalue weighted by Gasteiger charge is -2.20. The van der Waals surface area contributed by atoms with Crippen LogP contribution in [-0.2, 0) is 4.79 Å². The minimum Gasteiger partial charge on any atom is -0.484 e. The van der Waals surface area contributed by atoms with Crippen molar-refractivity contribution in [2.75, 3.05) is 26.3 Å². The molecule has 1 amide bonds. The largest absolute Gasteiger partial charge is 0.484 e. The summed E-state index contributed by atoms with van der Waals surface area (Å²) in [5.74, 6) is 0.680. The first-order valence-corrected chi connectivity index (χ1v) is 6.66. The van der Waals surface area contributed by atoms with Gasteiger partial charge in [-0.3, -0.25) is 4.79 Å². The highest BCUT2D eigenvalue weighted by Gasteiger charge is 2.11. The lowest BCUT2D eigenvalue weighted by Crippen LogP contribution is -2.35. The van der Waals surface area contributed by atoms with Crippen molar-refractivity contribution in [1.82, 2.24) is 4.90 Å². The van der Waals surface area contributed by atoms with Gasteiger partial charge >= 0.3 is 0 Å². The first-order chi connectivity index (χ1) is 9.06. The number of aliphatic hydroxyl groups excluding tert-OH is 1. The molecule has 0 fully saturated rings. The van der Waals surface area contributed by atoms with Gasteiger partial charge in [0, 0.05) is 19.7 Å². The Labute approximate surface area is 115 Å². The van der Waals surface area contributed by atoms with Crippen molar-refractivity contribution in [1.29, 1.82) is 0 Å². The number of ether oxygens (including phenoxy) is 1. The van der Waals surface area contributed by atoms with E-state index in [4.69, 9.17) is 9.84 Å². The summed E-state index contributed by atoms with van der Waals surface area (Å²) in [6.45, 7) is 7.27. The second kappa shape index (κ2) is 7.79. The highest BCUT2D eigenvalue weighted by Crippen LogP contribution is 2.16. The molecule has 0 heterocycles. The summed E-state index contributed by atoms with van der Waals surface area (Å²) in [7, 11) is 0. The molecular weight excluding hydrogens is 242 g/mol. The third-order valence-corrected chi connectivity index (χ3v) is 2.88. The Kier molecular flexibility index (Phi) is 6.36. The SMILES string of the molecule is CCN(CCCO)C(=O)COc1cc(C)cc(C)c1. The summed E-state index contributed by atoms with van der Waals surface area (Å²) in [4.78, 5) is 13.6. The fraction of sp³-hybridized carbons (Fsp3) is 0.533. The molecule has 1 aromatic carbocycles. The van der Waals surface area contributed by atoms with Crippen LogP contribution in [0.1, 0.15) is 24.5 Å². The molecule has 4 heteroatoms. The number of hydrogen-bond donors (Lipinski definition) is 1. The Morgan fingerprint density at radius 1 is 1.26 bits per heavy atom. The van der Waals surface area contributed by atoms with E-state index >= 15 is 0 Å². The first kappa shape index (κ1) is 15.5. The topological polar surface area (TPSA) is 49.8 Å². The number of carbonyl (C=O) groups is 1. The predicted molar refractivity (Wildman–Crippen MR) is 75.4 cm³/mol. The van der Waals surface area contributed by atoms with E-state index in [0.717, 1.165) is 16.9 Å². The quantitative estimate of drug-likeness (QED) is 0.819. The van der Waals surface area contributed by atoms with Crippen molar-refractivity contribution in [3.8, 4) is 5.75 Å². The third-order valence-electron chi connectivity index (χ3n) is 2.88. The normalized spacial score (nSPS) is 10.3. The van der Waals surface area contributed by atoms with Crippen LogP contribution in [0.3, 0.4) is 0 Å². The first-order valence-electron chi connectivity index (χ1n) is 6.66. The fourth-order valence-electron chi connectivity index (χ4n) is 1.97. The van der Waals surface area contributed by atoms with Crippen LogP contribution in [0.5, 0.6) is 5.75 Å². The summed E-state index contributed by atoms with van der Waals surface area (Å²) < 4.78 is 5.54. The zero-order chi connectivity index (χ0) is 14.3. The van der Waals surface area contributed by atoms with Gasteiger partial charge in [-0.2, -0.15) is 0 Å². The van der Waals surface area contributed by atoms with Crippen LogP contribution in [0, 0.1) is 13.8 Å². The van der Waals surface area contributed by atoms with Gasteiger partial charge in [0.05, 0.1) is 0 Å². The number of likely N-dealkylation sites (N-methyl/N-ethyl adjacent to an activating group) is 1. The van der Waals surface area contributed by atoms with Gasteiger partial charge in [-0.25, -0.2) is 0 Å². The monoisotopic (exact) mass is 265 g/mol. The van der Waals surface area contributed by atoms with Gasteiger partial charge in [0.15, 0.2) is 6.61 Å². The van der Waals surface area contributed by atoms with Gasteiger partial charge in [0.2, 0.25) is 0 Å². The summed E-state index contributed by atoms with van der Waals surface area (Å²) in [5.41, 5.74) is 2.24. The molecule has 0 aliphatic carbocycles. The van der Waals surface area contributed by atoms with Crippen molar-refractivity contribution < 1.29 is 14.6 Å². The fourth-order valence-corrected chi connectivity index (χ4v) is 1.97. The molecule has 0 unspecified atom stereocenters. The maximum absolute atomic E-state index is 11.9. The van der Waals surface area contributed by atoms with Gasteiger partial charge in [0.25, 0.3) is 5.91 Å². The second-order valence-electron chi connectivity index (χ2n) is 4.66. The Hall–Kier alpha value is -1.55. The number of aliphatic hydroxyl groups is 1. The van der Waals surface area contributed by atoms with Gasteiger partial charge in [-0.1, -0.05) is 6.07 Å². The van der Waals surface area contributed by atoms with E-state index in [9.17, 15) is 4.79 Å². The van der Waals surface area contributed by atoms with E-state index in [1.807, 2.05) is 32.9 Å². The molecule has 0 aliphatic rings. The van der Waals surface area contributed by atoms with Crippen LogP contribution >= 0.6 is 0 Å². The predicted octanol–water partition coefficient (Wildman–Crippen LogP) is 1.91. The van der Waals surface area contributed by atoms with Crippen LogP contribution in [0.15, 0.2) is 18.2 Å². The molecule has 106 valence electrons. The van der Waals surface area contributed by atoms with Crippen molar-refractivity contribution in [3.05, 3.63) is 29.3 Å². The number of benzene rings is 1. The summed E-state index contributed by atoms with van der Waals surface area (Å²) in [5, 5.41) is 8.79. The molecule has 0 spiro atoms. The maximum atomic E-state index is 11.9. The summed E-state index contributed by atoms with van der Waals surface area (Å²) >= 11 is 0. The van der Waals surface area contributed by atoms with Crippen molar-refractivity contribution in [2.24, 2.45) is 0 Å². The summed E-state index contributed by atoms with van der Waals surface area (Å²) in [6.07, 6.45) is 0.600. The molecule has 0 saturated heterocycles. The Morgan fingerprint density at radius 2 is 1.89 bits per heavy atom. The molecule has 1 aromatic rings. The van der Waals surface area contributed by atoms with E-state index in [-0.39, 0.29) is 19.1 Å². The number of hydrogen-bond acceptors (Lipinski definition) is 3. The van der Waals surface area contributed by atoms with Crippen molar-refractivity contribution in [2.45, 2.75) is 27.2 Å². The van der Waals surface area contributed by atoms with Crippen LogP contribution in [0.4, 0.5) is 0 Å². The second-order valence-corrected chi connectivity index (χ2v) is 4.66. The Bertz CT molecular complexity index is 398. The van der Waals surface area contributed by atoms with Crippen LogP contribution in [-0.4, -0.2) is 42.2 Å². The Morgan fingerprint density at radius 3 is 2.42 bits per heavy atom. The molecular formula is C15H23NO3. The lowest BCUT2D eigenvalue weighted by molar-refractivity contribution is -0.133. The average molecular weight is 265 g/mol. The van der Waals surface area contributed by atoms with Crippen LogP contribution in [0.25, 0.3) is 0 Å². The minimum absolute atomic E-state index is 0.0438. The average Bonchev–Trinajstić information content (AvgIpc) is 2.36. The highest BCUT2D eigenvalue weighted by atomic mass is 16.5. The Balaban J connectivity index is 2.52. The molecule has 0 atom stereocenters. The lowest BCUT2D eigenvalue weighted by atomic mass is 10.1. The number of rotatable bonds is 7. The number of carbonyl (C=O) groups excluding carboxylic acids is 1. The van der Waals surface area contributed by atoms with Crippen LogP contribution in [0.2, 0.25) is 0 Å². The van der Waals surface area contributed by atoms with Crippen molar-refractivity contribution in [3.63, 3.8) is 0 Å².